The number of carbonyl (C=O) groups excluding carboxylic acids is 2. The Bertz CT molecular complexity index is 1260. The van der Waals surface area contributed by atoms with Crippen molar-refractivity contribution in [3.63, 3.8) is 0 Å². The quantitative estimate of drug-likeness (QED) is 0.214. The molecule has 0 fully saturated rings. The SMILES string of the molecule is COC(=O)c1ccc2c(=O)n(Cc3ccco3)c(SCC(=O)NCCC3=CCCCC3)nc2c1. The second-order valence-electron chi connectivity index (χ2n) is 8.09. The molecule has 1 aliphatic rings. The van der Waals surface area contributed by atoms with Gasteiger partial charge < -0.3 is 14.5 Å². The molecule has 8 nitrogen and oxygen atoms in total. The third-order valence-electron chi connectivity index (χ3n) is 5.72. The molecule has 178 valence electrons. The summed E-state index contributed by atoms with van der Waals surface area (Å²) in [6.07, 6.45) is 9.37. The lowest BCUT2D eigenvalue weighted by atomic mass is 9.97. The maximum absolute atomic E-state index is 13.3. The normalized spacial score (nSPS) is 13.5. The van der Waals surface area contributed by atoms with Crippen molar-refractivity contribution in [2.45, 2.75) is 43.8 Å². The van der Waals surface area contributed by atoms with Crippen LogP contribution in [0.2, 0.25) is 0 Å². The average molecular weight is 482 g/mol. The molecule has 1 aliphatic carbocycles. The van der Waals surface area contributed by atoms with Gasteiger partial charge in [0.05, 0.1) is 42.1 Å². The van der Waals surface area contributed by atoms with Crippen LogP contribution in [0.3, 0.4) is 0 Å². The minimum atomic E-state index is -0.509. The number of hydrogen-bond donors (Lipinski definition) is 1. The molecule has 34 heavy (non-hydrogen) atoms. The second-order valence-corrected chi connectivity index (χ2v) is 9.03. The van der Waals surface area contributed by atoms with Crippen molar-refractivity contribution >= 4 is 34.5 Å². The zero-order valence-corrected chi connectivity index (χ0v) is 19.9. The van der Waals surface area contributed by atoms with Crippen molar-refractivity contribution in [2.24, 2.45) is 0 Å². The molecule has 2 aromatic heterocycles. The highest BCUT2D eigenvalue weighted by Gasteiger charge is 2.16. The number of furan rings is 1. The first kappa shape index (κ1) is 23.8. The molecular formula is C25H27N3O5S. The van der Waals surface area contributed by atoms with Crippen molar-refractivity contribution in [2.75, 3.05) is 19.4 Å². The van der Waals surface area contributed by atoms with E-state index in [1.165, 1.54) is 54.0 Å². The number of rotatable bonds is 9. The fourth-order valence-electron chi connectivity index (χ4n) is 3.93. The molecule has 9 heteroatoms. The van der Waals surface area contributed by atoms with Crippen LogP contribution in [0, 0.1) is 0 Å². The van der Waals surface area contributed by atoms with Crippen molar-refractivity contribution in [1.29, 1.82) is 0 Å². The number of esters is 1. The highest BCUT2D eigenvalue weighted by molar-refractivity contribution is 7.99. The predicted octanol–water partition coefficient (Wildman–Crippen LogP) is 3.92. The summed E-state index contributed by atoms with van der Waals surface area (Å²) in [6, 6.07) is 8.16. The summed E-state index contributed by atoms with van der Waals surface area (Å²) in [7, 11) is 1.30. The van der Waals surface area contributed by atoms with Gasteiger partial charge in [0, 0.05) is 6.54 Å². The van der Waals surface area contributed by atoms with E-state index in [-0.39, 0.29) is 23.8 Å². The summed E-state index contributed by atoms with van der Waals surface area (Å²) in [5.74, 6) is 0.0847. The zero-order chi connectivity index (χ0) is 23.9. The molecular weight excluding hydrogens is 454 g/mol. The molecule has 3 aromatic rings. The van der Waals surface area contributed by atoms with Crippen LogP contribution < -0.4 is 10.9 Å². The Morgan fingerprint density at radius 2 is 2.15 bits per heavy atom. The Morgan fingerprint density at radius 1 is 1.26 bits per heavy atom. The molecule has 0 spiro atoms. The molecule has 4 rings (SSSR count). The highest BCUT2D eigenvalue weighted by atomic mass is 32.2. The number of allylic oxidation sites excluding steroid dienone is 1. The van der Waals surface area contributed by atoms with Gasteiger partial charge in [-0.2, -0.15) is 0 Å². The number of hydrogen-bond acceptors (Lipinski definition) is 7. The number of thioether (sulfide) groups is 1. The van der Waals surface area contributed by atoms with Gasteiger partial charge in [-0.1, -0.05) is 23.4 Å². The Morgan fingerprint density at radius 3 is 2.88 bits per heavy atom. The standard InChI is InChI=1S/C25H27N3O5S/c1-32-24(31)18-9-10-20-21(14-18)27-25(28(23(20)30)15-19-8-5-13-33-19)34-16-22(29)26-12-11-17-6-3-2-4-7-17/h5-6,8-10,13-14H,2-4,7,11-12,15-16H2,1H3,(H,26,29). The summed E-state index contributed by atoms with van der Waals surface area (Å²) in [5.41, 5.74) is 1.81. The van der Waals surface area contributed by atoms with Crippen LogP contribution in [0.15, 0.2) is 62.6 Å². The van der Waals surface area contributed by atoms with Crippen molar-refractivity contribution in [1.82, 2.24) is 14.9 Å². The van der Waals surface area contributed by atoms with Crippen LogP contribution in [-0.4, -0.2) is 40.8 Å². The molecule has 0 aliphatic heterocycles. The molecule has 1 aromatic carbocycles. The third-order valence-corrected chi connectivity index (χ3v) is 6.70. The summed E-state index contributed by atoms with van der Waals surface area (Å²) < 4.78 is 11.7. The number of aromatic nitrogens is 2. The lowest BCUT2D eigenvalue weighted by molar-refractivity contribution is -0.118. The monoisotopic (exact) mass is 481 g/mol. The molecule has 0 unspecified atom stereocenters. The van der Waals surface area contributed by atoms with Gasteiger partial charge in [0.2, 0.25) is 5.91 Å². The maximum atomic E-state index is 13.3. The summed E-state index contributed by atoms with van der Waals surface area (Å²) in [5, 5.41) is 3.70. The van der Waals surface area contributed by atoms with Gasteiger partial charge in [-0.3, -0.25) is 14.2 Å². The van der Waals surface area contributed by atoms with Gasteiger partial charge in [-0.25, -0.2) is 9.78 Å². The van der Waals surface area contributed by atoms with Gasteiger partial charge in [0.25, 0.3) is 5.56 Å². The van der Waals surface area contributed by atoms with Gasteiger partial charge in [-0.15, -0.1) is 0 Å². The molecule has 2 heterocycles. The predicted molar refractivity (Wildman–Crippen MR) is 130 cm³/mol. The Hall–Kier alpha value is -3.33. The largest absolute Gasteiger partial charge is 0.467 e. The van der Waals surface area contributed by atoms with E-state index in [9.17, 15) is 14.4 Å². The zero-order valence-electron chi connectivity index (χ0n) is 19.0. The molecule has 1 amide bonds. The van der Waals surface area contributed by atoms with Crippen LogP contribution in [0.4, 0.5) is 0 Å². The van der Waals surface area contributed by atoms with E-state index in [1.807, 2.05) is 0 Å². The smallest absolute Gasteiger partial charge is 0.337 e. The number of nitrogens with one attached hydrogen (secondary N) is 1. The number of nitrogens with zero attached hydrogens (tertiary/aromatic N) is 2. The molecule has 0 saturated heterocycles. The second kappa shape index (κ2) is 11.2. The maximum Gasteiger partial charge on any atom is 0.337 e. The first-order valence-corrected chi connectivity index (χ1v) is 12.3. The number of ether oxygens (including phenoxy) is 1. The number of methoxy groups -OCH3 is 1. The minimum absolute atomic E-state index is 0.117. The fourth-order valence-corrected chi connectivity index (χ4v) is 4.76. The molecule has 1 N–H and O–H groups in total. The molecule has 0 radical (unpaired) electrons. The van der Waals surface area contributed by atoms with Gasteiger partial charge >= 0.3 is 5.97 Å². The van der Waals surface area contributed by atoms with Gasteiger partial charge in [-0.05, 0) is 62.4 Å². The van der Waals surface area contributed by atoms with Crippen LogP contribution in [0.25, 0.3) is 10.9 Å². The summed E-state index contributed by atoms with van der Waals surface area (Å²) in [6.45, 7) is 0.781. The topological polar surface area (TPSA) is 103 Å². The van der Waals surface area contributed by atoms with Gasteiger partial charge in [0.1, 0.15) is 5.76 Å². The lowest BCUT2D eigenvalue weighted by Crippen LogP contribution is -2.28. The van der Waals surface area contributed by atoms with E-state index < -0.39 is 5.97 Å². The summed E-state index contributed by atoms with van der Waals surface area (Å²) in [4.78, 5) is 42.3. The van der Waals surface area contributed by atoms with Crippen LogP contribution >= 0.6 is 11.8 Å². The van der Waals surface area contributed by atoms with E-state index in [2.05, 4.69) is 16.4 Å². The number of amides is 1. The summed E-state index contributed by atoms with van der Waals surface area (Å²) >= 11 is 1.18. The fraction of sp³-hybridized carbons (Fsp3) is 0.360. The first-order valence-electron chi connectivity index (χ1n) is 11.3. The van der Waals surface area contributed by atoms with E-state index in [0.717, 1.165) is 19.3 Å². The van der Waals surface area contributed by atoms with E-state index in [4.69, 9.17) is 9.15 Å². The first-order chi connectivity index (χ1) is 16.5. The van der Waals surface area contributed by atoms with Crippen molar-refractivity contribution < 1.29 is 18.7 Å². The average Bonchev–Trinajstić information content (AvgIpc) is 3.38. The molecule has 0 atom stereocenters. The Balaban J connectivity index is 1.53. The Kier molecular flexibility index (Phi) is 7.84. The third kappa shape index (κ3) is 5.77. The van der Waals surface area contributed by atoms with Gasteiger partial charge in [0.15, 0.2) is 5.16 Å². The van der Waals surface area contributed by atoms with Crippen LogP contribution in [0.1, 0.15) is 48.2 Å². The van der Waals surface area contributed by atoms with Crippen LogP contribution in [0.5, 0.6) is 0 Å². The van der Waals surface area contributed by atoms with E-state index in [1.54, 1.807) is 24.5 Å². The number of fused-ring (bicyclic) bond motifs is 1. The Labute approximate surface area is 201 Å². The number of carbonyl (C=O) groups is 2. The molecule has 0 saturated carbocycles. The molecule has 0 bridgehead atoms. The van der Waals surface area contributed by atoms with Crippen molar-refractivity contribution in [3.8, 4) is 0 Å². The minimum Gasteiger partial charge on any atom is -0.467 e. The lowest BCUT2D eigenvalue weighted by Gasteiger charge is -2.14. The highest BCUT2D eigenvalue weighted by Crippen LogP contribution is 2.21. The van der Waals surface area contributed by atoms with E-state index >= 15 is 0 Å². The van der Waals surface area contributed by atoms with Crippen molar-refractivity contribution in [3.05, 3.63) is 69.9 Å². The number of benzene rings is 1. The van der Waals surface area contributed by atoms with Crippen LogP contribution in [-0.2, 0) is 16.1 Å². The van der Waals surface area contributed by atoms with E-state index in [0.29, 0.717) is 33.9 Å².